The standard InChI is InChI=1S/C9H8N4O4/c10-7(9(14)15)5-2-1-3-6-8(13(16)17)11-4-12(5)6/h1-4,7H,10H2,(H,14,15). The highest BCUT2D eigenvalue weighted by atomic mass is 16.6. The van der Waals surface area contributed by atoms with E-state index >= 15 is 0 Å². The molecule has 0 spiro atoms. The smallest absolute Gasteiger partial charge is 0.389 e. The molecule has 8 nitrogen and oxygen atoms in total. The van der Waals surface area contributed by atoms with Gasteiger partial charge in [-0.05, 0) is 22.0 Å². The number of imidazole rings is 1. The second-order valence-corrected chi connectivity index (χ2v) is 3.35. The van der Waals surface area contributed by atoms with Crippen LogP contribution in [-0.4, -0.2) is 25.4 Å². The number of hydrogen-bond donors (Lipinski definition) is 2. The number of carboxylic acid groups (broad SMARTS) is 1. The van der Waals surface area contributed by atoms with Gasteiger partial charge < -0.3 is 21.0 Å². The summed E-state index contributed by atoms with van der Waals surface area (Å²) in [5.74, 6) is -1.54. The number of rotatable bonds is 3. The molecule has 17 heavy (non-hydrogen) atoms. The molecule has 0 bridgehead atoms. The third-order valence-corrected chi connectivity index (χ3v) is 2.34. The van der Waals surface area contributed by atoms with Gasteiger partial charge in [-0.15, -0.1) is 0 Å². The molecule has 2 rings (SSSR count). The summed E-state index contributed by atoms with van der Waals surface area (Å²) in [7, 11) is 0. The van der Waals surface area contributed by atoms with Crippen LogP contribution in [0, 0.1) is 10.1 Å². The minimum atomic E-state index is -1.26. The Labute approximate surface area is 94.4 Å². The Morgan fingerprint density at radius 2 is 2.29 bits per heavy atom. The van der Waals surface area contributed by atoms with E-state index in [-0.39, 0.29) is 17.0 Å². The van der Waals surface area contributed by atoms with Crippen molar-refractivity contribution in [2.45, 2.75) is 6.04 Å². The summed E-state index contributed by atoms with van der Waals surface area (Å²) in [6, 6.07) is 3.20. The number of aliphatic carboxylic acids is 1. The Morgan fingerprint density at radius 3 is 2.88 bits per heavy atom. The maximum absolute atomic E-state index is 10.8. The van der Waals surface area contributed by atoms with Crippen molar-refractivity contribution in [2.24, 2.45) is 5.73 Å². The van der Waals surface area contributed by atoms with E-state index in [0.717, 1.165) is 0 Å². The van der Waals surface area contributed by atoms with Gasteiger partial charge in [0.15, 0.2) is 0 Å². The average Bonchev–Trinajstić information content (AvgIpc) is 2.71. The molecule has 1 unspecified atom stereocenters. The van der Waals surface area contributed by atoms with Crippen LogP contribution in [-0.2, 0) is 4.79 Å². The maximum atomic E-state index is 10.8. The summed E-state index contributed by atoms with van der Waals surface area (Å²) in [4.78, 5) is 24.4. The van der Waals surface area contributed by atoms with Crippen molar-refractivity contribution in [3.05, 3.63) is 40.3 Å². The van der Waals surface area contributed by atoms with Gasteiger partial charge in [-0.25, -0.2) is 0 Å². The number of carboxylic acids is 1. The molecule has 0 saturated carbocycles. The first kappa shape index (κ1) is 11.0. The molecular formula is C9H8N4O4. The van der Waals surface area contributed by atoms with Crippen LogP contribution in [0.15, 0.2) is 24.5 Å². The number of nitrogens with two attached hydrogens (primary N) is 1. The second kappa shape index (κ2) is 3.83. The summed E-state index contributed by atoms with van der Waals surface area (Å²) in [6.45, 7) is 0. The molecular weight excluding hydrogens is 228 g/mol. The minimum absolute atomic E-state index is 0.212. The van der Waals surface area contributed by atoms with Crippen LogP contribution in [0.3, 0.4) is 0 Å². The first-order valence-corrected chi connectivity index (χ1v) is 4.61. The highest BCUT2D eigenvalue weighted by Crippen LogP contribution is 2.21. The molecule has 2 aromatic rings. The summed E-state index contributed by atoms with van der Waals surface area (Å²) in [5.41, 5.74) is 5.92. The van der Waals surface area contributed by atoms with Gasteiger partial charge in [0.1, 0.15) is 11.6 Å². The van der Waals surface area contributed by atoms with Crippen LogP contribution < -0.4 is 5.73 Å². The lowest BCUT2D eigenvalue weighted by Gasteiger charge is -2.08. The van der Waals surface area contributed by atoms with E-state index in [1.165, 1.54) is 28.9 Å². The fraction of sp³-hybridized carbons (Fsp3) is 0.111. The van der Waals surface area contributed by atoms with Crippen LogP contribution in [0.1, 0.15) is 11.7 Å². The van der Waals surface area contributed by atoms with Crippen molar-refractivity contribution < 1.29 is 14.8 Å². The summed E-state index contributed by atoms with van der Waals surface area (Å²) >= 11 is 0. The molecule has 3 N–H and O–H groups in total. The van der Waals surface area contributed by atoms with Crippen LogP contribution in [0.25, 0.3) is 5.52 Å². The minimum Gasteiger partial charge on any atom is -0.480 e. The van der Waals surface area contributed by atoms with Gasteiger partial charge in [-0.3, -0.25) is 9.20 Å². The zero-order valence-electron chi connectivity index (χ0n) is 8.48. The van der Waals surface area contributed by atoms with Gasteiger partial charge in [0.05, 0.1) is 5.69 Å². The molecule has 0 radical (unpaired) electrons. The third kappa shape index (κ3) is 1.70. The van der Waals surface area contributed by atoms with E-state index in [4.69, 9.17) is 10.8 Å². The van der Waals surface area contributed by atoms with Gasteiger partial charge in [0, 0.05) is 0 Å². The number of carbonyl (C=O) groups is 1. The van der Waals surface area contributed by atoms with Crippen LogP contribution in [0.5, 0.6) is 0 Å². The Bertz CT molecular complexity index is 606. The number of aromatic nitrogens is 2. The van der Waals surface area contributed by atoms with E-state index in [2.05, 4.69) is 4.98 Å². The molecule has 2 aromatic heterocycles. The fourth-order valence-electron chi connectivity index (χ4n) is 1.55. The molecule has 0 aliphatic heterocycles. The monoisotopic (exact) mass is 236 g/mol. The van der Waals surface area contributed by atoms with E-state index in [1.54, 1.807) is 0 Å². The number of nitrogens with zero attached hydrogens (tertiary/aromatic N) is 3. The Morgan fingerprint density at radius 1 is 1.59 bits per heavy atom. The Hall–Kier alpha value is -2.48. The van der Waals surface area contributed by atoms with Crippen molar-refractivity contribution in [3.8, 4) is 0 Å². The molecule has 0 saturated heterocycles. The molecule has 0 aliphatic rings. The first-order valence-electron chi connectivity index (χ1n) is 4.61. The van der Waals surface area contributed by atoms with E-state index in [9.17, 15) is 14.9 Å². The summed E-state index contributed by atoms with van der Waals surface area (Å²) in [6.07, 6.45) is 1.19. The topological polar surface area (TPSA) is 124 Å². The predicted octanol–water partition coefficient (Wildman–Crippen LogP) is 0.327. The molecule has 0 amide bonds. The van der Waals surface area contributed by atoms with Gasteiger partial charge in [0.25, 0.3) is 0 Å². The van der Waals surface area contributed by atoms with Crippen molar-refractivity contribution >= 4 is 17.3 Å². The molecule has 0 fully saturated rings. The highest BCUT2D eigenvalue weighted by molar-refractivity contribution is 5.75. The van der Waals surface area contributed by atoms with Crippen LogP contribution in [0.2, 0.25) is 0 Å². The highest BCUT2D eigenvalue weighted by Gasteiger charge is 2.22. The third-order valence-electron chi connectivity index (χ3n) is 2.34. The molecule has 1 atom stereocenters. The van der Waals surface area contributed by atoms with Crippen LogP contribution in [0.4, 0.5) is 5.82 Å². The number of pyridine rings is 1. The van der Waals surface area contributed by atoms with Crippen molar-refractivity contribution in [3.63, 3.8) is 0 Å². The lowest BCUT2D eigenvalue weighted by Crippen LogP contribution is -2.22. The molecule has 88 valence electrons. The van der Waals surface area contributed by atoms with Crippen molar-refractivity contribution in [1.82, 2.24) is 9.38 Å². The average molecular weight is 236 g/mol. The van der Waals surface area contributed by atoms with E-state index in [0.29, 0.717) is 0 Å². The van der Waals surface area contributed by atoms with E-state index in [1.807, 2.05) is 0 Å². The Balaban J connectivity index is 2.67. The van der Waals surface area contributed by atoms with Crippen LogP contribution >= 0.6 is 0 Å². The van der Waals surface area contributed by atoms with Crippen molar-refractivity contribution in [1.29, 1.82) is 0 Å². The quantitative estimate of drug-likeness (QED) is 0.584. The lowest BCUT2D eigenvalue weighted by atomic mass is 10.2. The molecule has 0 aromatic carbocycles. The fourth-order valence-corrected chi connectivity index (χ4v) is 1.55. The van der Waals surface area contributed by atoms with Gasteiger partial charge >= 0.3 is 11.8 Å². The normalized spacial score (nSPS) is 12.5. The Kier molecular flexibility index (Phi) is 2.48. The van der Waals surface area contributed by atoms with Crippen molar-refractivity contribution in [2.75, 3.05) is 0 Å². The number of nitro groups is 1. The lowest BCUT2D eigenvalue weighted by molar-refractivity contribution is -0.387. The number of fused-ring (bicyclic) bond motifs is 1. The number of hydrogen-bond acceptors (Lipinski definition) is 5. The second-order valence-electron chi connectivity index (χ2n) is 3.35. The molecule has 0 aliphatic carbocycles. The predicted molar refractivity (Wildman–Crippen MR) is 56.4 cm³/mol. The SMILES string of the molecule is NC(C(=O)O)c1cccc2c([N+](=O)[O-])ncn12. The van der Waals surface area contributed by atoms with Gasteiger partial charge in [-0.1, -0.05) is 6.07 Å². The summed E-state index contributed by atoms with van der Waals surface area (Å²) in [5, 5.41) is 19.5. The molecule has 2 heterocycles. The zero-order chi connectivity index (χ0) is 12.6. The van der Waals surface area contributed by atoms with E-state index < -0.39 is 16.9 Å². The van der Waals surface area contributed by atoms with Gasteiger partial charge in [0.2, 0.25) is 6.33 Å². The zero-order valence-corrected chi connectivity index (χ0v) is 8.48. The van der Waals surface area contributed by atoms with Gasteiger partial charge in [-0.2, -0.15) is 0 Å². The first-order chi connectivity index (χ1) is 8.02. The maximum Gasteiger partial charge on any atom is 0.389 e. The molecule has 8 heteroatoms. The largest absolute Gasteiger partial charge is 0.480 e. The summed E-state index contributed by atoms with van der Waals surface area (Å²) < 4.78 is 1.30.